The summed E-state index contributed by atoms with van der Waals surface area (Å²) >= 11 is 0. The highest BCUT2D eigenvalue weighted by atomic mass is 19.1. The first kappa shape index (κ1) is 19.1. The third-order valence-electron chi connectivity index (χ3n) is 7.91. The summed E-state index contributed by atoms with van der Waals surface area (Å²) in [6.07, 6.45) is 9.68. The Morgan fingerprint density at radius 3 is 2.66 bits per heavy atom. The highest BCUT2D eigenvalue weighted by Crippen LogP contribution is 2.48. The molecule has 2 heterocycles. The number of benzene rings is 1. The molecule has 2 fully saturated rings. The van der Waals surface area contributed by atoms with Crippen molar-refractivity contribution in [2.24, 2.45) is 17.8 Å². The lowest BCUT2D eigenvalue weighted by atomic mass is 9.74. The van der Waals surface area contributed by atoms with Crippen LogP contribution < -0.4 is 4.90 Å². The van der Waals surface area contributed by atoms with Gasteiger partial charge in [0.2, 0.25) is 5.91 Å². The lowest BCUT2D eigenvalue weighted by molar-refractivity contribution is -0.127. The van der Waals surface area contributed by atoms with Gasteiger partial charge in [0.15, 0.2) is 0 Å². The normalized spacial score (nSPS) is 29.6. The molecule has 1 amide bonds. The molecule has 1 saturated heterocycles. The number of fused-ring (bicyclic) bond motifs is 4. The first-order valence-corrected chi connectivity index (χ1v) is 11.1. The molecule has 1 spiro atoms. The summed E-state index contributed by atoms with van der Waals surface area (Å²) in [6, 6.07) is 5.13. The number of halogens is 1. The van der Waals surface area contributed by atoms with Crippen molar-refractivity contribution in [3.8, 4) is 0 Å². The molecule has 156 valence electrons. The number of carbonyl (C=O) groups excluding carboxylic acids is 1. The second-order valence-electron chi connectivity index (χ2n) is 9.93. The summed E-state index contributed by atoms with van der Waals surface area (Å²) in [5, 5.41) is 0. The molecule has 5 rings (SSSR count). The van der Waals surface area contributed by atoms with Crippen LogP contribution in [0, 0.1) is 23.6 Å². The van der Waals surface area contributed by atoms with Crippen molar-refractivity contribution in [1.82, 2.24) is 9.80 Å². The van der Waals surface area contributed by atoms with Crippen molar-refractivity contribution < 1.29 is 9.18 Å². The van der Waals surface area contributed by atoms with Crippen LogP contribution in [-0.4, -0.2) is 62.5 Å². The molecule has 1 aromatic rings. The Balaban J connectivity index is 1.30. The molecule has 2 aliphatic carbocycles. The number of likely N-dealkylation sites (tertiary alicyclic amines) is 1. The van der Waals surface area contributed by atoms with E-state index >= 15 is 0 Å². The molecule has 29 heavy (non-hydrogen) atoms. The molecule has 1 saturated carbocycles. The minimum Gasteiger partial charge on any atom is -0.361 e. The molecule has 5 heteroatoms. The van der Waals surface area contributed by atoms with Gasteiger partial charge in [-0.05, 0) is 80.3 Å². The number of anilines is 1. The van der Waals surface area contributed by atoms with Gasteiger partial charge < -0.3 is 14.7 Å². The molecule has 2 bridgehead atoms. The molecule has 4 nitrogen and oxygen atoms in total. The van der Waals surface area contributed by atoms with Gasteiger partial charge in [0.1, 0.15) is 5.82 Å². The van der Waals surface area contributed by atoms with E-state index in [4.69, 9.17) is 0 Å². The van der Waals surface area contributed by atoms with E-state index in [9.17, 15) is 9.18 Å². The fourth-order valence-corrected chi connectivity index (χ4v) is 6.22. The molecular formula is C24H32FN3O. The molecular weight excluding hydrogens is 365 g/mol. The summed E-state index contributed by atoms with van der Waals surface area (Å²) in [6.45, 7) is 4.55. The number of likely N-dealkylation sites (N-methyl/N-ethyl adjacent to an activating group) is 1. The number of rotatable bonds is 4. The van der Waals surface area contributed by atoms with E-state index in [1.807, 2.05) is 6.07 Å². The number of hydrogen-bond acceptors (Lipinski definition) is 3. The maximum absolute atomic E-state index is 14.1. The SMILES string of the molecule is CN(C)C(=O)CN1CC2(CCN(C[C@H]3C[C@H]4C=CC3C4)CC2)c2cc(F)ccc21. The number of amides is 1. The first-order valence-electron chi connectivity index (χ1n) is 11.1. The number of allylic oxidation sites excluding steroid dienone is 2. The number of carbonyl (C=O) groups is 1. The van der Waals surface area contributed by atoms with E-state index in [2.05, 4.69) is 22.0 Å². The van der Waals surface area contributed by atoms with Crippen LogP contribution in [0.3, 0.4) is 0 Å². The Morgan fingerprint density at radius 1 is 1.21 bits per heavy atom. The van der Waals surface area contributed by atoms with E-state index in [-0.39, 0.29) is 17.1 Å². The summed E-state index contributed by atoms with van der Waals surface area (Å²) < 4.78 is 14.1. The van der Waals surface area contributed by atoms with Crippen LogP contribution in [0.15, 0.2) is 30.4 Å². The first-order chi connectivity index (χ1) is 13.9. The lowest BCUT2D eigenvalue weighted by Gasteiger charge is -2.41. The Kier molecular flexibility index (Phi) is 4.69. The smallest absolute Gasteiger partial charge is 0.241 e. The van der Waals surface area contributed by atoms with Gasteiger partial charge in [-0.15, -0.1) is 0 Å². The minimum atomic E-state index is -0.167. The zero-order chi connectivity index (χ0) is 20.2. The van der Waals surface area contributed by atoms with E-state index < -0.39 is 0 Å². The standard InChI is InChI=1S/C24H32FN3O/c1-26(2)23(29)15-28-16-24(21-13-20(25)5-6-22(21)28)7-9-27(10-8-24)14-19-12-17-3-4-18(19)11-17/h3-6,13,17-19H,7-12,14-16H2,1-2H3/t17-,18?,19+/m0/s1. The molecule has 0 aromatic heterocycles. The van der Waals surface area contributed by atoms with Gasteiger partial charge >= 0.3 is 0 Å². The minimum absolute atomic E-state index is 0.0187. The molecule has 2 aliphatic heterocycles. The van der Waals surface area contributed by atoms with Gasteiger partial charge in [0.25, 0.3) is 0 Å². The number of hydrogen-bond donors (Lipinski definition) is 0. The van der Waals surface area contributed by atoms with Crippen molar-refractivity contribution in [3.05, 3.63) is 41.7 Å². The Hall–Kier alpha value is -1.88. The molecule has 1 unspecified atom stereocenters. The number of piperidine rings is 1. The van der Waals surface area contributed by atoms with Crippen LogP contribution in [0.4, 0.5) is 10.1 Å². The van der Waals surface area contributed by atoms with Crippen molar-refractivity contribution in [2.75, 3.05) is 51.7 Å². The average Bonchev–Trinajstić information content (AvgIpc) is 3.38. The highest BCUT2D eigenvalue weighted by Gasteiger charge is 2.46. The zero-order valence-electron chi connectivity index (χ0n) is 17.6. The summed E-state index contributed by atoms with van der Waals surface area (Å²) in [4.78, 5) is 18.8. The van der Waals surface area contributed by atoms with E-state index in [0.717, 1.165) is 61.5 Å². The predicted octanol–water partition coefficient (Wildman–Crippen LogP) is 3.28. The monoisotopic (exact) mass is 397 g/mol. The van der Waals surface area contributed by atoms with E-state index in [1.54, 1.807) is 25.1 Å². The summed E-state index contributed by atoms with van der Waals surface area (Å²) in [7, 11) is 3.59. The molecule has 0 radical (unpaired) electrons. The largest absolute Gasteiger partial charge is 0.361 e. The molecule has 4 aliphatic rings. The van der Waals surface area contributed by atoms with Crippen LogP contribution in [-0.2, 0) is 10.2 Å². The van der Waals surface area contributed by atoms with Crippen molar-refractivity contribution in [3.63, 3.8) is 0 Å². The summed E-state index contributed by atoms with van der Waals surface area (Å²) in [5.74, 6) is 2.37. The highest BCUT2D eigenvalue weighted by molar-refractivity contribution is 5.82. The zero-order valence-corrected chi connectivity index (χ0v) is 17.6. The Labute approximate surface area is 173 Å². The van der Waals surface area contributed by atoms with Gasteiger partial charge in [0, 0.05) is 38.3 Å². The van der Waals surface area contributed by atoms with Gasteiger partial charge in [-0.2, -0.15) is 0 Å². The fraction of sp³-hybridized carbons (Fsp3) is 0.625. The quantitative estimate of drug-likeness (QED) is 0.730. The summed E-state index contributed by atoms with van der Waals surface area (Å²) in [5.41, 5.74) is 2.15. The lowest BCUT2D eigenvalue weighted by Crippen LogP contribution is -2.47. The van der Waals surface area contributed by atoms with Gasteiger partial charge in [-0.3, -0.25) is 4.79 Å². The van der Waals surface area contributed by atoms with Gasteiger partial charge in [0.05, 0.1) is 6.54 Å². The second-order valence-corrected chi connectivity index (χ2v) is 9.93. The van der Waals surface area contributed by atoms with Crippen LogP contribution in [0.25, 0.3) is 0 Å². The van der Waals surface area contributed by atoms with Crippen molar-refractivity contribution in [1.29, 1.82) is 0 Å². The van der Waals surface area contributed by atoms with Crippen molar-refractivity contribution >= 4 is 11.6 Å². The van der Waals surface area contributed by atoms with Gasteiger partial charge in [-0.1, -0.05) is 12.2 Å². The van der Waals surface area contributed by atoms with Crippen LogP contribution in [0.2, 0.25) is 0 Å². The third-order valence-corrected chi connectivity index (χ3v) is 7.91. The topological polar surface area (TPSA) is 26.8 Å². The van der Waals surface area contributed by atoms with Gasteiger partial charge in [-0.25, -0.2) is 4.39 Å². The number of nitrogens with zero attached hydrogens (tertiary/aromatic N) is 3. The van der Waals surface area contributed by atoms with Crippen LogP contribution >= 0.6 is 0 Å². The Bertz CT molecular complexity index is 827. The molecule has 0 N–H and O–H groups in total. The maximum Gasteiger partial charge on any atom is 0.241 e. The molecule has 3 atom stereocenters. The molecule has 1 aromatic carbocycles. The fourth-order valence-electron chi connectivity index (χ4n) is 6.22. The van der Waals surface area contributed by atoms with E-state index in [1.165, 1.54) is 25.5 Å². The Morgan fingerprint density at radius 2 is 2.00 bits per heavy atom. The third kappa shape index (κ3) is 3.37. The van der Waals surface area contributed by atoms with Crippen LogP contribution in [0.1, 0.15) is 31.2 Å². The van der Waals surface area contributed by atoms with Crippen LogP contribution in [0.5, 0.6) is 0 Å². The maximum atomic E-state index is 14.1. The van der Waals surface area contributed by atoms with E-state index in [0.29, 0.717) is 6.54 Å². The van der Waals surface area contributed by atoms with Crippen molar-refractivity contribution in [2.45, 2.75) is 31.1 Å². The predicted molar refractivity (Wildman–Crippen MR) is 114 cm³/mol. The second kappa shape index (κ2) is 7.12. The average molecular weight is 398 g/mol.